The third-order valence-electron chi connectivity index (χ3n) is 3.58. The van der Waals surface area contributed by atoms with E-state index >= 15 is 0 Å². The molecule has 3 heterocycles. The Bertz CT molecular complexity index is 551. The van der Waals surface area contributed by atoms with Crippen molar-refractivity contribution in [2.24, 2.45) is 0 Å². The Labute approximate surface area is 126 Å². The standard InChI is InChI=1S/C13H17FN6S/c1-19(7-11-9-21-18-16-11)8-12-5-10(14)6-20(12)13-3-2-4-15-17-13/h2-4,9-10,12H,5-8H2,1H3/t10-,12-/m0/s1. The number of anilines is 1. The smallest absolute Gasteiger partial charge is 0.151 e. The van der Waals surface area contributed by atoms with Crippen molar-refractivity contribution < 1.29 is 4.39 Å². The summed E-state index contributed by atoms with van der Waals surface area (Å²) in [4.78, 5) is 4.15. The second-order valence-electron chi connectivity index (χ2n) is 5.31. The minimum Gasteiger partial charge on any atom is -0.348 e. The van der Waals surface area contributed by atoms with Crippen LogP contribution in [0.4, 0.5) is 10.2 Å². The van der Waals surface area contributed by atoms with Gasteiger partial charge in [0.25, 0.3) is 0 Å². The zero-order valence-corrected chi connectivity index (χ0v) is 12.6. The van der Waals surface area contributed by atoms with E-state index in [-0.39, 0.29) is 6.04 Å². The predicted octanol–water partition coefficient (Wildman–Crippen LogP) is 1.38. The van der Waals surface area contributed by atoms with Crippen molar-refractivity contribution in [1.82, 2.24) is 24.7 Å². The monoisotopic (exact) mass is 308 g/mol. The van der Waals surface area contributed by atoms with Gasteiger partial charge in [0, 0.05) is 37.1 Å². The van der Waals surface area contributed by atoms with Crippen LogP contribution < -0.4 is 4.90 Å². The molecule has 2 aromatic rings. The predicted molar refractivity (Wildman–Crippen MR) is 78.9 cm³/mol. The molecule has 0 bridgehead atoms. The molecule has 0 aliphatic carbocycles. The number of aromatic nitrogens is 4. The van der Waals surface area contributed by atoms with Gasteiger partial charge in [-0.05, 0) is 30.7 Å². The minimum atomic E-state index is -0.814. The highest BCUT2D eigenvalue weighted by atomic mass is 32.1. The lowest BCUT2D eigenvalue weighted by atomic mass is 10.2. The quantitative estimate of drug-likeness (QED) is 0.832. The molecule has 21 heavy (non-hydrogen) atoms. The number of halogens is 1. The molecule has 0 spiro atoms. The molecule has 2 atom stereocenters. The summed E-state index contributed by atoms with van der Waals surface area (Å²) in [6.45, 7) is 1.86. The third-order valence-corrected chi connectivity index (χ3v) is 4.13. The summed E-state index contributed by atoms with van der Waals surface area (Å²) in [5.74, 6) is 0.742. The SMILES string of the molecule is CN(Cc1csnn1)C[C@@H]1C[C@H](F)CN1c1cccnn1. The zero-order chi connectivity index (χ0) is 14.7. The number of hydrogen-bond donors (Lipinski definition) is 0. The number of hydrogen-bond acceptors (Lipinski definition) is 7. The highest BCUT2D eigenvalue weighted by molar-refractivity contribution is 7.03. The molecule has 3 rings (SSSR count). The molecule has 2 aromatic heterocycles. The summed E-state index contributed by atoms with van der Waals surface area (Å²) >= 11 is 1.35. The highest BCUT2D eigenvalue weighted by Gasteiger charge is 2.33. The van der Waals surface area contributed by atoms with Gasteiger partial charge in [-0.15, -0.1) is 10.2 Å². The fourth-order valence-electron chi connectivity index (χ4n) is 2.71. The van der Waals surface area contributed by atoms with Crippen LogP contribution in [0.2, 0.25) is 0 Å². The maximum absolute atomic E-state index is 13.8. The summed E-state index contributed by atoms with van der Waals surface area (Å²) in [5, 5.41) is 14.0. The van der Waals surface area contributed by atoms with E-state index in [0.29, 0.717) is 13.0 Å². The number of likely N-dealkylation sites (N-methyl/N-ethyl adjacent to an activating group) is 1. The molecule has 6 nitrogen and oxygen atoms in total. The molecule has 1 aliphatic heterocycles. The molecule has 0 radical (unpaired) electrons. The van der Waals surface area contributed by atoms with Gasteiger partial charge in [0.1, 0.15) is 6.17 Å². The Kier molecular flexibility index (Phi) is 4.35. The third kappa shape index (κ3) is 3.51. The molecular weight excluding hydrogens is 291 g/mol. The fraction of sp³-hybridized carbons (Fsp3) is 0.538. The molecule has 1 saturated heterocycles. The molecule has 8 heteroatoms. The Morgan fingerprint density at radius 2 is 2.38 bits per heavy atom. The maximum Gasteiger partial charge on any atom is 0.151 e. The Hall–Kier alpha value is -1.67. The van der Waals surface area contributed by atoms with Gasteiger partial charge < -0.3 is 4.90 Å². The summed E-state index contributed by atoms with van der Waals surface area (Å²) in [7, 11) is 2.01. The van der Waals surface area contributed by atoms with Crippen molar-refractivity contribution >= 4 is 17.4 Å². The van der Waals surface area contributed by atoms with E-state index in [1.807, 2.05) is 29.5 Å². The van der Waals surface area contributed by atoms with Crippen LogP contribution in [0.25, 0.3) is 0 Å². The van der Waals surface area contributed by atoms with Gasteiger partial charge in [0.05, 0.1) is 12.2 Å². The highest BCUT2D eigenvalue weighted by Crippen LogP contribution is 2.26. The normalized spacial score (nSPS) is 22.1. The molecule has 0 amide bonds. The first kappa shape index (κ1) is 14.3. The van der Waals surface area contributed by atoms with Crippen LogP contribution in [0.5, 0.6) is 0 Å². The lowest BCUT2D eigenvalue weighted by molar-refractivity contribution is 0.287. The summed E-state index contributed by atoms with van der Waals surface area (Å²) < 4.78 is 17.7. The number of rotatable bonds is 5. The van der Waals surface area contributed by atoms with Crippen LogP contribution in [0, 0.1) is 0 Å². The van der Waals surface area contributed by atoms with Crippen molar-refractivity contribution in [2.75, 3.05) is 25.0 Å². The second-order valence-corrected chi connectivity index (χ2v) is 5.92. The summed E-state index contributed by atoms with van der Waals surface area (Å²) in [5.41, 5.74) is 0.948. The largest absolute Gasteiger partial charge is 0.348 e. The van der Waals surface area contributed by atoms with Crippen LogP contribution in [-0.2, 0) is 6.54 Å². The van der Waals surface area contributed by atoms with E-state index in [9.17, 15) is 4.39 Å². The van der Waals surface area contributed by atoms with Gasteiger partial charge in [-0.1, -0.05) is 4.49 Å². The average molecular weight is 308 g/mol. The van der Waals surface area contributed by atoms with E-state index in [1.165, 1.54) is 11.5 Å². The van der Waals surface area contributed by atoms with Crippen LogP contribution in [0.1, 0.15) is 12.1 Å². The van der Waals surface area contributed by atoms with E-state index in [1.54, 1.807) is 6.20 Å². The van der Waals surface area contributed by atoms with Gasteiger partial charge >= 0.3 is 0 Å². The van der Waals surface area contributed by atoms with Crippen LogP contribution in [-0.4, -0.2) is 57.0 Å². The summed E-state index contributed by atoms with van der Waals surface area (Å²) in [6.07, 6.45) is 1.34. The van der Waals surface area contributed by atoms with Gasteiger partial charge in [-0.2, -0.15) is 5.10 Å². The Balaban J connectivity index is 1.65. The van der Waals surface area contributed by atoms with E-state index < -0.39 is 6.17 Å². The van der Waals surface area contributed by atoms with E-state index in [4.69, 9.17) is 0 Å². The van der Waals surface area contributed by atoms with Gasteiger partial charge in [0.2, 0.25) is 0 Å². The van der Waals surface area contributed by atoms with E-state index in [0.717, 1.165) is 24.6 Å². The van der Waals surface area contributed by atoms with Crippen LogP contribution in [0.3, 0.4) is 0 Å². The zero-order valence-electron chi connectivity index (χ0n) is 11.8. The first-order valence-electron chi connectivity index (χ1n) is 6.85. The molecular formula is C13H17FN6S. The number of alkyl halides is 1. The molecule has 1 fully saturated rings. The number of nitrogens with zero attached hydrogens (tertiary/aromatic N) is 6. The van der Waals surface area contributed by atoms with Crippen molar-refractivity contribution in [3.8, 4) is 0 Å². The van der Waals surface area contributed by atoms with Crippen molar-refractivity contribution in [3.63, 3.8) is 0 Å². The Morgan fingerprint density at radius 1 is 1.48 bits per heavy atom. The second kappa shape index (κ2) is 6.40. The van der Waals surface area contributed by atoms with Crippen LogP contribution >= 0.6 is 11.5 Å². The minimum absolute atomic E-state index is 0.105. The van der Waals surface area contributed by atoms with Crippen LogP contribution in [0.15, 0.2) is 23.7 Å². The lowest BCUT2D eigenvalue weighted by Crippen LogP contribution is -2.39. The van der Waals surface area contributed by atoms with Crippen molar-refractivity contribution in [3.05, 3.63) is 29.4 Å². The van der Waals surface area contributed by atoms with E-state index in [2.05, 4.69) is 24.7 Å². The topological polar surface area (TPSA) is 58.0 Å². The molecule has 0 saturated carbocycles. The average Bonchev–Trinajstić information content (AvgIpc) is 3.09. The molecule has 0 aromatic carbocycles. The summed E-state index contributed by atoms with van der Waals surface area (Å²) in [6, 6.07) is 3.81. The molecule has 0 N–H and O–H groups in total. The fourth-order valence-corrected chi connectivity index (χ4v) is 3.16. The van der Waals surface area contributed by atoms with Gasteiger partial charge in [-0.25, -0.2) is 4.39 Å². The first-order valence-corrected chi connectivity index (χ1v) is 7.69. The van der Waals surface area contributed by atoms with Crippen molar-refractivity contribution in [2.45, 2.75) is 25.2 Å². The molecule has 1 aliphatic rings. The first-order chi connectivity index (χ1) is 10.2. The van der Waals surface area contributed by atoms with Crippen molar-refractivity contribution in [1.29, 1.82) is 0 Å². The maximum atomic E-state index is 13.8. The lowest BCUT2D eigenvalue weighted by Gasteiger charge is -2.28. The van der Waals surface area contributed by atoms with Gasteiger partial charge in [-0.3, -0.25) is 4.90 Å². The Morgan fingerprint density at radius 3 is 3.10 bits per heavy atom. The van der Waals surface area contributed by atoms with Gasteiger partial charge in [0.15, 0.2) is 5.82 Å². The molecule has 0 unspecified atom stereocenters. The molecule has 112 valence electrons.